The first kappa shape index (κ1) is 23.8. The van der Waals surface area contributed by atoms with Crippen molar-refractivity contribution < 1.29 is 19.4 Å². The summed E-state index contributed by atoms with van der Waals surface area (Å²) in [7, 11) is 0. The van der Waals surface area contributed by atoms with Gasteiger partial charge in [0, 0.05) is 37.4 Å². The molecule has 9 nitrogen and oxygen atoms in total. The number of ketones is 1. The summed E-state index contributed by atoms with van der Waals surface area (Å²) >= 11 is 6.30. The molecule has 2 aliphatic heterocycles. The van der Waals surface area contributed by atoms with Gasteiger partial charge in [0.2, 0.25) is 5.28 Å². The molecule has 0 saturated carbocycles. The molecule has 1 aliphatic carbocycles. The number of benzene rings is 1. The fourth-order valence-corrected chi connectivity index (χ4v) is 5.38. The molecule has 0 bridgehead atoms. The summed E-state index contributed by atoms with van der Waals surface area (Å²) < 4.78 is 5.49. The molecule has 186 valence electrons. The van der Waals surface area contributed by atoms with Crippen LogP contribution in [0.25, 0.3) is 0 Å². The molecule has 2 N–H and O–H groups in total. The number of para-hydroxylation sites is 1. The van der Waals surface area contributed by atoms with E-state index in [1.54, 1.807) is 4.90 Å². The Morgan fingerprint density at radius 1 is 1.20 bits per heavy atom. The zero-order chi connectivity index (χ0) is 25.0. The molecule has 1 aromatic heterocycles. The van der Waals surface area contributed by atoms with Crippen LogP contribution in [0, 0.1) is 5.41 Å². The lowest BCUT2D eigenvalue weighted by molar-refractivity contribution is 0.0240. The number of hydrogen-bond donors (Lipinski definition) is 2. The molecule has 1 saturated heterocycles. The number of Topliss-reactive ketones (excluding diaryl/α,β-unsaturated/α-hetero) is 1. The largest absolute Gasteiger partial charge is 0.444 e. The number of rotatable bonds is 1. The van der Waals surface area contributed by atoms with Crippen LogP contribution in [0.2, 0.25) is 5.28 Å². The molecule has 10 heteroatoms. The molecule has 2 aromatic rings. The van der Waals surface area contributed by atoms with Gasteiger partial charge in [0.15, 0.2) is 5.78 Å². The summed E-state index contributed by atoms with van der Waals surface area (Å²) in [6.07, 6.45) is 0.0859. The van der Waals surface area contributed by atoms with E-state index in [1.807, 2.05) is 49.9 Å². The number of nitrogens with zero attached hydrogens (tertiary/aromatic N) is 4. The molecule has 1 fully saturated rings. The number of hydrogen-bond acceptors (Lipinski definition) is 8. The van der Waals surface area contributed by atoms with Gasteiger partial charge in [-0.1, -0.05) is 18.2 Å². The maximum Gasteiger partial charge on any atom is 0.410 e. The van der Waals surface area contributed by atoms with Crippen LogP contribution in [-0.2, 0) is 17.6 Å². The molecule has 2 atom stereocenters. The Balaban J connectivity index is 1.39. The van der Waals surface area contributed by atoms with Crippen molar-refractivity contribution in [3.63, 3.8) is 0 Å². The van der Waals surface area contributed by atoms with E-state index in [2.05, 4.69) is 15.3 Å². The van der Waals surface area contributed by atoms with Crippen molar-refractivity contribution in [3.8, 4) is 0 Å². The summed E-state index contributed by atoms with van der Waals surface area (Å²) in [5, 5.41) is 14.1. The number of amides is 1. The number of fused-ring (bicyclic) bond motifs is 2. The molecule has 1 aromatic carbocycles. The first-order valence-corrected chi connectivity index (χ1v) is 12.3. The number of aliphatic hydroxyl groups excluding tert-OH is 1. The van der Waals surface area contributed by atoms with Crippen molar-refractivity contribution in [2.75, 3.05) is 36.4 Å². The van der Waals surface area contributed by atoms with Gasteiger partial charge in [-0.25, -0.2) is 14.8 Å². The van der Waals surface area contributed by atoms with E-state index in [0.29, 0.717) is 51.3 Å². The average Bonchev–Trinajstić information content (AvgIpc) is 2.81. The Hall–Kier alpha value is -2.91. The molecule has 35 heavy (non-hydrogen) atoms. The highest BCUT2D eigenvalue weighted by atomic mass is 35.5. The van der Waals surface area contributed by atoms with Crippen LogP contribution in [0.3, 0.4) is 0 Å². The van der Waals surface area contributed by atoms with Gasteiger partial charge < -0.3 is 25.0 Å². The Labute approximate surface area is 209 Å². The van der Waals surface area contributed by atoms with Gasteiger partial charge in [0.25, 0.3) is 0 Å². The summed E-state index contributed by atoms with van der Waals surface area (Å²) in [5.41, 5.74) is 1.30. The maximum atomic E-state index is 13.8. The van der Waals surface area contributed by atoms with Crippen molar-refractivity contribution in [2.45, 2.75) is 51.9 Å². The highest BCUT2D eigenvalue weighted by Crippen LogP contribution is 2.46. The second-order valence-corrected chi connectivity index (χ2v) is 10.8. The average molecular weight is 500 g/mol. The zero-order valence-corrected chi connectivity index (χ0v) is 20.9. The molecule has 0 radical (unpaired) electrons. The predicted molar refractivity (Wildman–Crippen MR) is 132 cm³/mol. The fourth-order valence-electron chi connectivity index (χ4n) is 5.22. The highest BCUT2D eigenvalue weighted by molar-refractivity contribution is 6.28. The number of carbonyl (C=O) groups is 2. The molecule has 2 unspecified atom stereocenters. The van der Waals surface area contributed by atoms with Crippen LogP contribution in [0.4, 0.5) is 16.3 Å². The van der Waals surface area contributed by atoms with E-state index in [-0.39, 0.29) is 22.9 Å². The number of nitrogens with one attached hydrogen (secondary N) is 1. The Bertz CT molecular complexity index is 1170. The van der Waals surface area contributed by atoms with Crippen LogP contribution < -0.4 is 10.2 Å². The number of anilines is 2. The SMILES string of the molecule is CC(C)(C)OC(=O)N1CCN(c2nc(Cl)nc3c2CCC2(Cc4ccccc4NC2O)C3=O)CC1. The summed E-state index contributed by atoms with van der Waals surface area (Å²) in [6.45, 7) is 7.56. The minimum Gasteiger partial charge on any atom is -0.444 e. The third-order valence-electron chi connectivity index (χ3n) is 7.02. The first-order valence-electron chi connectivity index (χ1n) is 11.9. The number of halogens is 1. The summed E-state index contributed by atoms with van der Waals surface area (Å²) in [5.74, 6) is 0.414. The first-order chi connectivity index (χ1) is 16.6. The third-order valence-corrected chi connectivity index (χ3v) is 7.19. The van der Waals surface area contributed by atoms with Gasteiger partial charge in [0.05, 0.1) is 5.41 Å². The minimum absolute atomic E-state index is 0.00243. The van der Waals surface area contributed by atoms with Gasteiger partial charge in [0.1, 0.15) is 23.3 Å². The minimum atomic E-state index is -1.02. The predicted octanol–water partition coefficient (Wildman–Crippen LogP) is 3.29. The fraction of sp³-hybridized carbons (Fsp3) is 0.520. The molecule has 5 rings (SSSR count). The monoisotopic (exact) mass is 499 g/mol. The second kappa shape index (κ2) is 8.64. The van der Waals surface area contributed by atoms with E-state index in [0.717, 1.165) is 16.8 Å². The maximum absolute atomic E-state index is 13.8. The van der Waals surface area contributed by atoms with Gasteiger partial charge in [-0.05, 0) is 63.3 Å². The van der Waals surface area contributed by atoms with E-state index in [4.69, 9.17) is 16.3 Å². The van der Waals surface area contributed by atoms with Crippen molar-refractivity contribution in [1.82, 2.24) is 14.9 Å². The molecule has 1 spiro atoms. The standard InChI is InChI=1S/C25H30ClN5O4/c1-24(2,3)35-23(34)31-12-10-30(11-13-31)20-16-8-9-25(19(32)18(16)28-22(26)29-20)14-15-6-4-5-7-17(15)27-21(25)33/h4-7,21,27,33H,8-14H2,1-3H3. The second-order valence-electron chi connectivity index (χ2n) is 10.5. The quantitative estimate of drug-likeness (QED) is 0.575. The number of aliphatic hydroxyl groups is 1. The van der Waals surface area contributed by atoms with Crippen molar-refractivity contribution in [1.29, 1.82) is 0 Å². The molecular formula is C25H30ClN5O4. The highest BCUT2D eigenvalue weighted by Gasteiger charge is 2.52. The van der Waals surface area contributed by atoms with Crippen molar-refractivity contribution >= 4 is 35.0 Å². The lowest BCUT2D eigenvalue weighted by Crippen LogP contribution is -2.54. The van der Waals surface area contributed by atoms with Crippen molar-refractivity contribution in [3.05, 3.63) is 46.4 Å². The Morgan fingerprint density at radius 3 is 2.63 bits per heavy atom. The lowest BCUT2D eigenvalue weighted by atomic mass is 9.65. The zero-order valence-electron chi connectivity index (χ0n) is 20.2. The van der Waals surface area contributed by atoms with E-state index < -0.39 is 17.2 Å². The van der Waals surface area contributed by atoms with Gasteiger partial charge in [-0.3, -0.25) is 4.79 Å². The lowest BCUT2D eigenvalue weighted by Gasteiger charge is -2.44. The summed E-state index contributed by atoms with van der Waals surface area (Å²) in [4.78, 5) is 38.8. The van der Waals surface area contributed by atoms with Gasteiger partial charge >= 0.3 is 6.09 Å². The normalized spacial score (nSPS) is 24.0. The van der Waals surface area contributed by atoms with Crippen LogP contribution in [0.15, 0.2) is 24.3 Å². The van der Waals surface area contributed by atoms with Crippen molar-refractivity contribution in [2.24, 2.45) is 5.41 Å². The number of piperazine rings is 1. The molecular weight excluding hydrogens is 470 g/mol. The number of carbonyl (C=O) groups excluding carboxylic acids is 2. The Morgan fingerprint density at radius 2 is 1.91 bits per heavy atom. The van der Waals surface area contributed by atoms with Crippen LogP contribution in [-0.4, -0.2) is 69.9 Å². The third kappa shape index (κ3) is 4.31. The topological polar surface area (TPSA) is 108 Å². The van der Waals surface area contributed by atoms with Crippen LogP contribution >= 0.6 is 11.6 Å². The number of aromatic nitrogens is 2. The summed E-state index contributed by atoms with van der Waals surface area (Å²) in [6, 6.07) is 7.71. The van der Waals surface area contributed by atoms with E-state index >= 15 is 0 Å². The van der Waals surface area contributed by atoms with Crippen LogP contribution in [0.1, 0.15) is 48.8 Å². The number of ether oxygens (including phenoxy) is 1. The van der Waals surface area contributed by atoms with Gasteiger partial charge in [-0.15, -0.1) is 0 Å². The smallest absolute Gasteiger partial charge is 0.410 e. The van der Waals surface area contributed by atoms with Crippen LogP contribution in [0.5, 0.6) is 0 Å². The van der Waals surface area contributed by atoms with E-state index in [9.17, 15) is 14.7 Å². The van der Waals surface area contributed by atoms with E-state index in [1.165, 1.54) is 0 Å². The Kier molecular flexibility index (Phi) is 5.88. The molecule has 3 aliphatic rings. The molecule has 1 amide bonds. The molecule has 3 heterocycles. The van der Waals surface area contributed by atoms with Gasteiger partial charge in [-0.2, -0.15) is 0 Å².